The highest BCUT2D eigenvalue weighted by Gasteiger charge is 2.18. The summed E-state index contributed by atoms with van der Waals surface area (Å²) in [5.41, 5.74) is 3.01. The maximum Gasteiger partial charge on any atom is 0.141 e. The zero-order valence-corrected chi connectivity index (χ0v) is 15.4. The van der Waals surface area contributed by atoms with Crippen LogP contribution in [0.15, 0.2) is 48.8 Å². The maximum absolute atomic E-state index is 9.90. The number of likely N-dealkylation sites (tertiary alicyclic amines) is 1. The average Bonchev–Trinajstić information content (AvgIpc) is 2.69. The summed E-state index contributed by atoms with van der Waals surface area (Å²) in [5.74, 6) is 1.57. The number of methoxy groups -OCH3 is 1. The molecule has 140 valence electrons. The van der Waals surface area contributed by atoms with Crippen molar-refractivity contribution in [3.63, 3.8) is 0 Å². The first-order valence-electron chi connectivity index (χ1n) is 9.26. The van der Waals surface area contributed by atoms with Crippen LogP contribution in [0.5, 0.6) is 5.75 Å². The Balaban J connectivity index is 1.60. The summed E-state index contributed by atoms with van der Waals surface area (Å²) in [6, 6.07) is 14.0. The Bertz CT molecular complexity index is 931. The van der Waals surface area contributed by atoms with Crippen LogP contribution in [0, 0.1) is 0 Å². The zero-order chi connectivity index (χ0) is 18.6. The van der Waals surface area contributed by atoms with Gasteiger partial charge in [-0.05, 0) is 49.2 Å². The SMILES string of the molecule is COc1cccc(Nc2ncnc3ccc(CN4CCC[C@H](O)C4)cc23)c1. The summed E-state index contributed by atoms with van der Waals surface area (Å²) >= 11 is 0. The smallest absolute Gasteiger partial charge is 0.141 e. The van der Waals surface area contributed by atoms with E-state index < -0.39 is 0 Å². The molecular formula is C21H24N4O2. The molecule has 3 aromatic rings. The van der Waals surface area contributed by atoms with Gasteiger partial charge in [0.2, 0.25) is 0 Å². The molecule has 0 aliphatic carbocycles. The Morgan fingerprint density at radius 3 is 3.00 bits per heavy atom. The molecule has 1 saturated heterocycles. The van der Waals surface area contributed by atoms with Crippen molar-refractivity contribution < 1.29 is 9.84 Å². The molecule has 0 unspecified atom stereocenters. The highest BCUT2D eigenvalue weighted by Crippen LogP contribution is 2.26. The first kappa shape index (κ1) is 17.7. The fraction of sp³-hybridized carbons (Fsp3) is 0.333. The van der Waals surface area contributed by atoms with Gasteiger partial charge in [-0.25, -0.2) is 9.97 Å². The largest absolute Gasteiger partial charge is 0.497 e. The standard InChI is InChI=1S/C21H24N4O2/c1-27-18-6-2-4-16(11-18)24-21-19-10-15(7-8-20(19)22-14-23-21)12-25-9-3-5-17(26)13-25/h2,4,6-8,10-11,14,17,26H,3,5,9,12-13H2,1H3,(H,22,23,24)/t17-/m0/s1. The molecule has 27 heavy (non-hydrogen) atoms. The number of aliphatic hydroxyl groups excluding tert-OH is 1. The van der Waals surface area contributed by atoms with Gasteiger partial charge in [-0.3, -0.25) is 4.90 Å². The fourth-order valence-corrected chi connectivity index (χ4v) is 3.57. The number of nitrogens with zero attached hydrogens (tertiary/aromatic N) is 3. The molecule has 0 radical (unpaired) electrons. The van der Waals surface area contributed by atoms with Gasteiger partial charge in [0.1, 0.15) is 17.9 Å². The summed E-state index contributed by atoms with van der Waals surface area (Å²) < 4.78 is 5.29. The Morgan fingerprint density at radius 1 is 1.22 bits per heavy atom. The van der Waals surface area contributed by atoms with Gasteiger partial charge in [-0.15, -0.1) is 0 Å². The summed E-state index contributed by atoms with van der Waals surface area (Å²) in [6.07, 6.45) is 3.30. The van der Waals surface area contributed by atoms with Crippen molar-refractivity contribution in [1.29, 1.82) is 0 Å². The highest BCUT2D eigenvalue weighted by molar-refractivity contribution is 5.91. The lowest BCUT2D eigenvalue weighted by atomic mass is 10.1. The monoisotopic (exact) mass is 364 g/mol. The summed E-state index contributed by atoms with van der Waals surface area (Å²) in [7, 11) is 1.66. The molecule has 1 atom stereocenters. The van der Waals surface area contributed by atoms with E-state index >= 15 is 0 Å². The van der Waals surface area contributed by atoms with E-state index in [4.69, 9.17) is 4.74 Å². The van der Waals surface area contributed by atoms with Gasteiger partial charge in [0, 0.05) is 30.2 Å². The van der Waals surface area contributed by atoms with Crippen LogP contribution >= 0.6 is 0 Å². The summed E-state index contributed by atoms with van der Waals surface area (Å²) in [5, 5.41) is 14.3. The van der Waals surface area contributed by atoms with Crippen molar-refractivity contribution in [2.24, 2.45) is 0 Å². The third-order valence-electron chi connectivity index (χ3n) is 4.92. The van der Waals surface area contributed by atoms with Gasteiger partial charge in [0.15, 0.2) is 0 Å². The van der Waals surface area contributed by atoms with E-state index in [1.165, 1.54) is 5.56 Å². The minimum atomic E-state index is -0.215. The van der Waals surface area contributed by atoms with Crippen LogP contribution in [-0.2, 0) is 6.54 Å². The molecule has 4 rings (SSSR count). The topological polar surface area (TPSA) is 70.5 Å². The number of fused-ring (bicyclic) bond motifs is 1. The van der Waals surface area contributed by atoms with Crippen LogP contribution in [-0.4, -0.2) is 46.3 Å². The van der Waals surface area contributed by atoms with E-state index in [-0.39, 0.29) is 6.10 Å². The van der Waals surface area contributed by atoms with Crippen LogP contribution in [0.4, 0.5) is 11.5 Å². The molecular weight excluding hydrogens is 340 g/mol. The van der Waals surface area contributed by atoms with Gasteiger partial charge in [-0.1, -0.05) is 12.1 Å². The number of benzene rings is 2. The Labute approximate surface area is 158 Å². The number of nitrogens with one attached hydrogen (secondary N) is 1. The number of aliphatic hydroxyl groups is 1. The first-order valence-corrected chi connectivity index (χ1v) is 9.26. The van der Waals surface area contributed by atoms with Gasteiger partial charge in [0.05, 0.1) is 18.7 Å². The van der Waals surface area contributed by atoms with Crippen molar-refractivity contribution >= 4 is 22.4 Å². The number of β-amino-alcohol motifs (C(OH)–C–C–N with tert-alkyl or cyclic N) is 1. The molecule has 2 aromatic carbocycles. The second-order valence-corrected chi connectivity index (χ2v) is 6.96. The maximum atomic E-state index is 9.90. The van der Waals surface area contributed by atoms with Crippen molar-refractivity contribution in [3.8, 4) is 5.75 Å². The lowest BCUT2D eigenvalue weighted by Gasteiger charge is -2.30. The number of piperidine rings is 1. The Morgan fingerprint density at radius 2 is 2.15 bits per heavy atom. The number of ether oxygens (including phenoxy) is 1. The number of rotatable bonds is 5. The van der Waals surface area contributed by atoms with E-state index in [2.05, 4.69) is 32.3 Å². The molecule has 0 saturated carbocycles. The number of hydrogen-bond acceptors (Lipinski definition) is 6. The van der Waals surface area contributed by atoms with E-state index in [0.29, 0.717) is 0 Å². The lowest BCUT2D eigenvalue weighted by Crippen LogP contribution is -2.37. The molecule has 6 nitrogen and oxygen atoms in total. The molecule has 2 heterocycles. The van der Waals surface area contributed by atoms with Crippen LogP contribution in [0.1, 0.15) is 18.4 Å². The van der Waals surface area contributed by atoms with Crippen LogP contribution in [0.3, 0.4) is 0 Å². The number of anilines is 2. The second kappa shape index (κ2) is 7.90. The fourth-order valence-electron chi connectivity index (χ4n) is 3.57. The van der Waals surface area contributed by atoms with Gasteiger partial charge >= 0.3 is 0 Å². The normalized spacial score (nSPS) is 17.8. The van der Waals surface area contributed by atoms with E-state index in [1.54, 1.807) is 13.4 Å². The van der Waals surface area contributed by atoms with Crippen molar-refractivity contribution in [1.82, 2.24) is 14.9 Å². The molecule has 6 heteroatoms. The van der Waals surface area contributed by atoms with Crippen molar-refractivity contribution in [3.05, 3.63) is 54.4 Å². The molecule has 1 aromatic heterocycles. The lowest BCUT2D eigenvalue weighted by molar-refractivity contribution is 0.0668. The second-order valence-electron chi connectivity index (χ2n) is 6.96. The summed E-state index contributed by atoms with van der Waals surface area (Å²) in [6.45, 7) is 2.58. The third-order valence-corrected chi connectivity index (χ3v) is 4.92. The molecule has 0 spiro atoms. The molecule has 0 amide bonds. The van der Waals surface area contributed by atoms with Crippen LogP contribution in [0.2, 0.25) is 0 Å². The molecule has 1 fully saturated rings. The van der Waals surface area contributed by atoms with Crippen molar-refractivity contribution in [2.45, 2.75) is 25.5 Å². The predicted molar refractivity (Wildman–Crippen MR) is 106 cm³/mol. The molecule has 1 aliphatic heterocycles. The van der Waals surface area contributed by atoms with Crippen molar-refractivity contribution in [2.75, 3.05) is 25.5 Å². The van der Waals surface area contributed by atoms with Gasteiger partial charge in [0.25, 0.3) is 0 Å². The summed E-state index contributed by atoms with van der Waals surface area (Å²) in [4.78, 5) is 11.1. The molecule has 0 bridgehead atoms. The van der Waals surface area contributed by atoms with E-state index in [0.717, 1.165) is 60.6 Å². The van der Waals surface area contributed by atoms with Gasteiger partial charge in [-0.2, -0.15) is 0 Å². The zero-order valence-electron chi connectivity index (χ0n) is 15.4. The predicted octanol–water partition coefficient (Wildman–Crippen LogP) is 3.34. The highest BCUT2D eigenvalue weighted by atomic mass is 16.5. The third kappa shape index (κ3) is 4.18. The minimum Gasteiger partial charge on any atom is -0.497 e. The Kier molecular flexibility index (Phi) is 5.18. The number of aromatic nitrogens is 2. The minimum absolute atomic E-state index is 0.215. The van der Waals surface area contributed by atoms with E-state index in [1.807, 2.05) is 30.3 Å². The van der Waals surface area contributed by atoms with E-state index in [9.17, 15) is 5.11 Å². The molecule has 1 aliphatic rings. The first-order chi connectivity index (χ1) is 13.2. The Hall–Kier alpha value is -2.70. The van der Waals surface area contributed by atoms with Crippen LogP contribution < -0.4 is 10.1 Å². The molecule has 2 N–H and O–H groups in total. The quantitative estimate of drug-likeness (QED) is 0.724. The number of hydrogen-bond donors (Lipinski definition) is 2. The van der Waals surface area contributed by atoms with Gasteiger partial charge < -0.3 is 15.2 Å². The van der Waals surface area contributed by atoms with Crippen LogP contribution in [0.25, 0.3) is 10.9 Å². The average molecular weight is 364 g/mol.